The summed E-state index contributed by atoms with van der Waals surface area (Å²) in [6.45, 7) is 16.5. The molecule has 6 heterocycles. The lowest BCUT2D eigenvalue weighted by atomic mass is 9.99. The van der Waals surface area contributed by atoms with E-state index in [1.165, 1.54) is 36.3 Å². The van der Waals surface area contributed by atoms with E-state index in [1.54, 1.807) is 42.9 Å². The second-order valence-corrected chi connectivity index (χ2v) is 13.1. The van der Waals surface area contributed by atoms with Crippen molar-refractivity contribution in [3.63, 3.8) is 0 Å². The molecule has 4 aromatic rings. The van der Waals surface area contributed by atoms with E-state index in [-0.39, 0.29) is 12.1 Å². The molecular formula is C34H44N10O2. The molecule has 0 amide bonds. The van der Waals surface area contributed by atoms with Crippen LogP contribution >= 0.6 is 0 Å². The average molecular weight is 625 g/mol. The summed E-state index contributed by atoms with van der Waals surface area (Å²) in [4.78, 5) is 35.0. The number of piperazine rings is 1. The molecule has 0 spiro atoms. The van der Waals surface area contributed by atoms with E-state index in [1.807, 2.05) is 18.2 Å². The number of nitrogens with zero attached hydrogens (tertiary/aromatic N) is 8. The lowest BCUT2D eigenvalue weighted by Gasteiger charge is -2.46. The zero-order valence-corrected chi connectivity index (χ0v) is 26.8. The molecule has 46 heavy (non-hydrogen) atoms. The minimum absolute atomic E-state index is 0.238. The lowest BCUT2D eigenvalue weighted by molar-refractivity contribution is 0.0630. The van der Waals surface area contributed by atoms with E-state index in [4.69, 9.17) is 4.98 Å². The third kappa shape index (κ3) is 6.05. The number of hydrogen-bond donors (Lipinski definition) is 3. The van der Waals surface area contributed by atoms with E-state index in [0.717, 1.165) is 51.0 Å². The van der Waals surface area contributed by atoms with Gasteiger partial charge < -0.3 is 20.6 Å². The predicted octanol–water partition coefficient (Wildman–Crippen LogP) is 2.69. The second kappa shape index (κ2) is 12.6. The number of benzene rings is 1. The summed E-state index contributed by atoms with van der Waals surface area (Å²) in [6.07, 6.45) is 5.76. The van der Waals surface area contributed by atoms with Gasteiger partial charge in [0.25, 0.3) is 5.56 Å². The normalized spacial score (nSPS) is 19.0. The Hall–Kier alpha value is -4.10. The van der Waals surface area contributed by atoms with Crippen LogP contribution in [0.2, 0.25) is 0 Å². The van der Waals surface area contributed by atoms with Gasteiger partial charge in [0.2, 0.25) is 5.95 Å². The third-order valence-corrected chi connectivity index (χ3v) is 9.65. The van der Waals surface area contributed by atoms with Crippen LogP contribution in [0, 0.1) is 0 Å². The molecule has 3 aromatic heterocycles. The van der Waals surface area contributed by atoms with Crippen molar-refractivity contribution in [3.8, 4) is 5.82 Å². The van der Waals surface area contributed by atoms with Crippen LogP contribution in [0.15, 0.2) is 66.1 Å². The number of fused-ring (bicyclic) bond motifs is 1. The van der Waals surface area contributed by atoms with Crippen LogP contribution in [0.3, 0.4) is 0 Å². The van der Waals surface area contributed by atoms with Gasteiger partial charge in [0, 0.05) is 82.0 Å². The molecule has 0 saturated carbocycles. The van der Waals surface area contributed by atoms with Crippen molar-refractivity contribution >= 4 is 28.4 Å². The van der Waals surface area contributed by atoms with Crippen molar-refractivity contribution < 1.29 is 5.11 Å². The minimum Gasteiger partial charge on any atom is -0.384 e. The van der Waals surface area contributed by atoms with Gasteiger partial charge in [0.15, 0.2) is 11.5 Å². The van der Waals surface area contributed by atoms with Crippen LogP contribution < -0.4 is 21.1 Å². The summed E-state index contributed by atoms with van der Waals surface area (Å²) in [7, 11) is 0. The zero-order valence-electron chi connectivity index (χ0n) is 26.8. The number of piperidine rings is 1. The second-order valence-electron chi connectivity index (χ2n) is 13.1. The van der Waals surface area contributed by atoms with Crippen molar-refractivity contribution in [2.45, 2.75) is 50.9 Å². The molecule has 7 rings (SSSR count). The van der Waals surface area contributed by atoms with Crippen molar-refractivity contribution in [2.75, 3.05) is 62.6 Å². The van der Waals surface area contributed by atoms with Crippen molar-refractivity contribution in [2.24, 2.45) is 0 Å². The number of anilines is 3. The number of allylic oxidation sites excluding steroid dienone is 1. The summed E-state index contributed by atoms with van der Waals surface area (Å²) < 4.78 is 3.19. The Labute approximate surface area is 269 Å². The first kappa shape index (κ1) is 30.5. The fourth-order valence-electron chi connectivity index (χ4n) is 6.87. The minimum atomic E-state index is -1.14. The molecule has 12 heteroatoms. The molecule has 1 aromatic carbocycles. The molecule has 242 valence electrons. The first-order valence-electron chi connectivity index (χ1n) is 16.4. The molecule has 3 fully saturated rings. The maximum absolute atomic E-state index is 13.3. The highest BCUT2D eigenvalue weighted by Crippen LogP contribution is 2.26. The summed E-state index contributed by atoms with van der Waals surface area (Å²) in [6, 6.07) is 15.2. The smallest absolute Gasteiger partial charge is 0.278 e. The molecule has 0 atom stereocenters. The lowest BCUT2D eigenvalue weighted by Crippen LogP contribution is -2.60. The Morgan fingerprint density at radius 3 is 2.35 bits per heavy atom. The Balaban J connectivity index is 1.04. The van der Waals surface area contributed by atoms with E-state index in [0.29, 0.717) is 34.5 Å². The van der Waals surface area contributed by atoms with Gasteiger partial charge in [-0.3, -0.25) is 14.6 Å². The predicted molar refractivity (Wildman–Crippen MR) is 181 cm³/mol. The number of likely N-dealkylation sites (tertiary alicyclic amines) is 1. The standard InChI is InChI=1S/C34H44N10O2/c1-4-14-43-32(45)28-23-36-33(39-31(28)44(43)30-7-5-6-29(38-30)34(2,3)46)37-24-8-10-25(11-9-24)41-17-19-42(20-18-41)26-12-15-40(16-13-26)27-21-35-22-27/h4-11,23,26-27,35,46H,1,12-22H2,2-3H3,(H,36,37,39). The summed E-state index contributed by atoms with van der Waals surface area (Å²) in [5, 5.41) is 17.6. The van der Waals surface area contributed by atoms with E-state index in [2.05, 4.69) is 54.0 Å². The number of pyridine rings is 1. The van der Waals surface area contributed by atoms with E-state index in [9.17, 15) is 9.90 Å². The Morgan fingerprint density at radius 2 is 1.70 bits per heavy atom. The quantitative estimate of drug-likeness (QED) is 0.240. The van der Waals surface area contributed by atoms with Gasteiger partial charge in [0.1, 0.15) is 11.0 Å². The van der Waals surface area contributed by atoms with Gasteiger partial charge in [-0.25, -0.2) is 19.3 Å². The first-order valence-corrected chi connectivity index (χ1v) is 16.4. The number of aliphatic hydroxyl groups is 1. The largest absolute Gasteiger partial charge is 0.384 e. The van der Waals surface area contributed by atoms with E-state index >= 15 is 0 Å². The zero-order chi connectivity index (χ0) is 31.8. The number of nitrogens with one attached hydrogen (secondary N) is 2. The highest BCUT2D eigenvalue weighted by atomic mass is 16.3. The fraction of sp³-hybridized carbons (Fsp3) is 0.471. The van der Waals surface area contributed by atoms with Gasteiger partial charge in [-0.15, -0.1) is 6.58 Å². The Bertz CT molecular complexity index is 1740. The van der Waals surface area contributed by atoms with Crippen molar-refractivity contribution in [1.82, 2.24) is 39.4 Å². The van der Waals surface area contributed by atoms with Gasteiger partial charge >= 0.3 is 0 Å². The van der Waals surface area contributed by atoms with Crippen molar-refractivity contribution in [3.05, 3.63) is 77.4 Å². The Morgan fingerprint density at radius 1 is 0.978 bits per heavy atom. The van der Waals surface area contributed by atoms with Gasteiger partial charge in [-0.1, -0.05) is 12.1 Å². The fourth-order valence-corrected chi connectivity index (χ4v) is 6.87. The highest BCUT2D eigenvalue weighted by Gasteiger charge is 2.32. The number of rotatable bonds is 9. The highest BCUT2D eigenvalue weighted by molar-refractivity contribution is 5.77. The van der Waals surface area contributed by atoms with Gasteiger partial charge in [0.05, 0.1) is 12.2 Å². The van der Waals surface area contributed by atoms with Crippen LogP contribution in [0.5, 0.6) is 0 Å². The molecule has 3 N–H and O–H groups in total. The molecule has 0 unspecified atom stereocenters. The van der Waals surface area contributed by atoms with Gasteiger partial charge in [-0.2, -0.15) is 4.98 Å². The summed E-state index contributed by atoms with van der Waals surface area (Å²) >= 11 is 0. The van der Waals surface area contributed by atoms with Crippen LogP contribution in [-0.4, -0.2) is 104 Å². The van der Waals surface area contributed by atoms with Crippen LogP contribution in [0.25, 0.3) is 16.9 Å². The average Bonchev–Trinajstić information content (AvgIpc) is 3.31. The molecule has 3 aliphatic heterocycles. The van der Waals surface area contributed by atoms with Crippen molar-refractivity contribution in [1.29, 1.82) is 0 Å². The van der Waals surface area contributed by atoms with Crippen LogP contribution in [0.4, 0.5) is 17.3 Å². The molecule has 12 nitrogen and oxygen atoms in total. The van der Waals surface area contributed by atoms with Crippen LogP contribution in [-0.2, 0) is 12.1 Å². The van der Waals surface area contributed by atoms with E-state index < -0.39 is 5.60 Å². The molecular weight excluding hydrogens is 580 g/mol. The first-order chi connectivity index (χ1) is 22.3. The number of aromatic nitrogens is 5. The topological polar surface area (TPSA) is 120 Å². The number of hydrogen-bond acceptors (Lipinski definition) is 10. The molecule has 0 bridgehead atoms. The molecule has 0 aliphatic carbocycles. The van der Waals surface area contributed by atoms with Gasteiger partial charge in [-0.05, 0) is 63.1 Å². The third-order valence-electron chi connectivity index (χ3n) is 9.65. The molecule has 0 radical (unpaired) electrons. The SMILES string of the molecule is C=CCn1c(=O)c2cnc(Nc3ccc(N4CCN(C5CCN(C6CNC6)CC5)CC4)cc3)nc2n1-c1cccc(C(C)(C)O)n1. The molecule has 3 saturated heterocycles. The summed E-state index contributed by atoms with van der Waals surface area (Å²) in [5.41, 5.74) is 1.59. The summed E-state index contributed by atoms with van der Waals surface area (Å²) in [5.74, 6) is 0.844. The maximum Gasteiger partial charge on any atom is 0.278 e. The monoisotopic (exact) mass is 624 g/mol. The Kier molecular flexibility index (Phi) is 8.36. The van der Waals surface area contributed by atoms with Crippen LogP contribution in [0.1, 0.15) is 32.4 Å². The molecule has 3 aliphatic rings. The maximum atomic E-state index is 13.3.